The summed E-state index contributed by atoms with van der Waals surface area (Å²) < 4.78 is 22.1. The van der Waals surface area contributed by atoms with Crippen molar-refractivity contribution >= 4 is 29.9 Å². The lowest BCUT2D eigenvalue weighted by atomic mass is 10.0. The molecule has 168 valence electrons. The third-order valence-corrected chi connectivity index (χ3v) is 5.37. The maximum atomic E-state index is 5.80. The van der Waals surface area contributed by atoms with Crippen LogP contribution in [-0.4, -0.2) is 25.9 Å². The predicted molar refractivity (Wildman–Crippen MR) is 132 cm³/mol. The Hall–Kier alpha value is -2.88. The summed E-state index contributed by atoms with van der Waals surface area (Å²) in [6, 6.07) is 18.1. The summed E-state index contributed by atoms with van der Waals surface area (Å²) in [5, 5.41) is 7.03. The summed E-state index contributed by atoms with van der Waals surface area (Å²) in [4.78, 5) is 4.83. The highest BCUT2D eigenvalue weighted by Gasteiger charge is 2.22. The lowest BCUT2D eigenvalue weighted by molar-refractivity contribution is 0.174. The molecule has 1 atom stereocenters. The number of halogens is 1. The number of guanidine groups is 1. The fourth-order valence-electron chi connectivity index (χ4n) is 3.78. The van der Waals surface area contributed by atoms with E-state index in [-0.39, 0.29) is 36.8 Å². The van der Waals surface area contributed by atoms with Crippen molar-refractivity contribution in [1.82, 2.24) is 10.6 Å². The second-order valence-electron chi connectivity index (χ2n) is 7.48. The van der Waals surface area contributed by atoms with Crippen molar-refractivity contribution < 1.29 is 18.6 Å². The van der Waals surface area contributed by atoms with Gasteiger partial charge in [0.2, 0.25) is 6.79 Å². The molecule has 0 saturated carbocycles. The molecule has 2 N–H and O–H groups in total. The average Bonchev–Trinajstić information content (AvgIpc) is 3.49. The number of hydrogen-bond donors (Lipinski definition) is 2. The molecule has 0 bridgehead atoms. The molecule has 0 fully saturated rings. The number of nitrogens with zero attached hydrogens (tertiary/aromatic N) is 1. The Bertz CT molecular complexity index is 1060. The molecular weight excluding hydrogens is 521 g/mol. The number of rotatable bonds is 6. The van der Waals surface area contributed by atoms with Crippen LogP contribution in [0.1, 0.15) is 29.3 Å². The van der Waals surface area contributed by atoms with E-state index in [1.807, 2.05) is 48.5 Å². The summed E-state index contributed by atoms with van der Waals surface area (Å²) in [5.74, 6) is 4.18. The Morgan fingerprint density at radius 3 is 2.78 bits per heavy atom. The zero-order valence-electron chi connectivity index (χ0n) is 17.6. The standard InChI is InChI=1S/C24H25N3O4.HI/c1-2-6-21-19(5-1)20(10-13-29-21)27-24(25-11-9-18-4-3-12-28-18)26-15-17-7-8-22-23(14-17)31-16-30-22;/h1-8,12,14,20H,9-11,13,15-16H2,(H2,25,26,27);1H. The van der Waals surface area contributed by atoms with Gasteiger partial charge in [0, 0.05) is 24.9 Å². The number of aliphatic imine (C=N–C) groups is 1. The van der Waals surface area contributed by atoms with Crippen LogP contribution in [0, 0.1) is 0 Å². The van der Waals surface area contributed by atoms with E-state index in [0.29, 0.717) is 19.7 Å². The monoisotopic (exact) mass is 547 g/mol. The molecule has 1 unspecified atom stereocenters. The summed E-state index contributed by atoms with van der Waals surface area (Å²) in [5.41, 5.74) is 2.21. The van der Waals surface area contributed by atoms with Crippen LogP contribution in [0.25, 0.3) is 0 Å². The summed E-state index contributed by atoms with van der Waals surface area (Å²) in [6.45, 7) is 2.19. The van der Waals surface area contributed by atoms with E-state index in [4.69, 9.17) is 23.6 Å². The second kappa shape index (κ2) is 10.6. The fraction of sp³-hybridized carbons (Fsp3) is 0.292. The zero-order chi connectivity index (χ0) is 20.9. The van der Waals surface area contributed by atoms with Crippen molar-refractivity contribution in [3.05, 3.63) is 77.7 Å². The summed E-state index contributed by atoms with van der Waals surface area (Å²) in [7, 11) is 0. The molecule has 8 heteroatoms. The van der Waals surface area contributed by atoms with Gasteiger partial charge in [0.1, 0.15) is 11.5 Å². The lowest BCUT2D eigenvalue weighted by Crippen LogP contribution is -2.41. The van der Waals surface area contributed by atoms with Gasteiger partial charge in [-0.15, -0.1) is 24.0 Å². The van der Waals surface area contributed by atoms with Crippen LogP contribution >= 0.6 is 24.0 Å². The fourth-order valence-corrected chi connectivity index (χ4v) is 3.78. The first kappa shape index (κ1) is 22.3. The highest BCUT2D eigenvalue weighted by atomic mass is 127. The maximum Gasteiger partial charge on any atom is 0.231 e. The second-order valence-corrected chi connectivity index (χ2v) is 7.48. The van der Waals surface area contributed by atoms with Crippen LogP contribution in [0.5, 0.6) is 17.2 Å². The Morgan fingerprint density at radius 1 is 0.969 bits per heavy atom. The number of benzene rings is 2. The minimum absolute atomic E-state index is 0. The molecule has 3 aromatic rings. The molecule has 7 nitrogen and oxygen atoms in total. The molecule has 1 aromatic heterocycles. The number of ether oxygens (including phenoxy) is 3. The van der Waals surface area contributed by atoms with Crippen LogP contribution in [-0.2, 0) is 13.0 Å². The Balaban J connectivity index is 0.00000245. The first-order chi connectivity index (χ1) is 15.3. The minimum atomic E-state index is 0. The van der Waals surface area contributed by atoms with Crippen molar-refractivity contribution in [2.45, 2.75) is 25.4 Å². The number of furan rings is 1. The third kappa shape index (κ3) is 5.29. The molecular formula is C24H26IN3O4. The van der Waals surface area contributed by atoms with Crippen molar-refractivity contribution in [1.29, 1.82) is 0 Å². The summed E-state index contributed by atoms with van der Waals surface area (Å²) >= 11 is 0. The third-order valence-electron chi connectivity index (χ3n) is 5.37. The van der Waals surface area contributed by atoms with Gasteiger partial charge in [0.25, 0.3) is 0 Å². The van der Waals surface area contributed by atoms with E-state index < -0.39 is 0 Å². The highest BCUT2D eigenvalue weighted by molar-refractivity contribution is 14.0. The van der Waals surface area contributed by atoms with Crippen molar-refractivity contribution in [2.24, 2.45) is 4.99 Å². The van der Waals surface area contributed by atoms with Crippen LogP contribution in [0.2, 0.25) is 0 Å². The number of fused-ring (bicyclic) bond motifs is 2. The van der Waals surface area contributed by atoms with E-state index in [9.17, 15) is 0 Å². The molecule has 3 heterocycles. The van der Waals surface area contributed by atoms with E-state index >= 15 is 0 Å². The molecule has 2 aliphatic heterocycles. The first-order valence-corrected chi connectivity index (χ1v) is 10.5. The molecule has 0 radical (unpaired) electrons. The van der Waals surface area contributed by atoms with E-state index in [1.54, 1.807) is 6.26 Å². The molecule has 2 aliphatic rings. The quantitative estimate of drug-likeness (QED) is 0.270. The molecule has 0 spiro atoms. The van der Waals surface area contributed by atoms with Gasteiger partial charge >= 0.3 is 0 Å². The maximum absolute atomic E-state index is 5.80. The zero-order valence-corrected chi connectivity index (χ0v) is 19.9. The van der Waals surface area contributed by atoms with Gasteiger partial charge in [-0.3, -0.25) is 0 Å². The normalized spacial score (nSPS) is 16.5. The van der Waals surface area contributed by atoms with Crippen LogP contribution < -0.4 is 24.8 Å². The van der Waals surface area contributed by atoms with Gasteiger partial charge in [-0.05, 0) is 35.9 Å². The lowest BCUT2D eigenvalue weighted by Gasteiger charge is -2.28. The van der Waals surface area contributed by atoms with Crippen molar-refractivity contribution in [3.8, 4) is 17.2 Å². The largest absolute Gasteiger partial charge is 0.493 e. The van der Waals surface area contributed by atoms with E-state index in [2.05, 4.69) is 16.7 Å². The molecule has 32 heavy (non-hydrogen) atoms. The molecule has 0 saturated heterocycles. The highest BCUT2D eigenvalue weighted by Crippen LogP contribution is 2.33. The van der Waals surface area contributed by atoms with Crippen molar-refractivity contribution in [3.63, 3.8) is 0 Å². The van der Waals surface area contributed by atoms with E-state index in [1.165, 1.54) is 0 Å². The number of para-hydroxylation sites is 1. The van der Waals surface area contributed by atoms with Gasteiger partial charge in [-0.2, -0.15) is 0 Å². The molecule has 0 aliphatic carbocycles. The smallest absolute Gasteiger partial charge is 0.231 e. The topological polar surface area (TPSA) is 77.3 Å². The predicted octanol–water partition coefficient (Wildman–Crippen LogP) is 4.43. The van der Waals surface area contributed by atoms with Crippen molar-refractivity contribution in [2.75, 3.05) is 19.9 Å². The van der Waals surface area contributed by atoms with Crippen LogP contribution in [0.15, 0.2) is 70.3 Å². The minimum Gasteiger partial charge on any atom is -0.493 e. The first-order valence-electron chi connectivity index (χ1n) is 10.5. The SMILES string of the molecule is I.c1coc(CCNC(=NCc2ccc3c(c2)OCO3)NC2CCOc3ccccc32)c1. The van der Waals surface area contributed by atoms with Gasteiger partial charge in [-0.1, -0.05) is 24.3 Å². The number of hydrogen-bond acceptors (Lipinski definition) is 5. The molecule has 2 aromatic carbocycles. The van der Waals surface area contributed by atoms with Crippen LogP contribution in [0.4, 0.5) is 0 Å². The molecule has 5 rings (SSSR count). The van der Waals surface area contributed by atoms with Gasteiger partial charge in [0.15, 0.2) is 17.5 Å². The Labute approximate surface area is 204 Å². The molecule has 0 amide bonds. The summed E-state index contributed by atoms with van der Waals surface area (Å²) in [6.07, 6.45) is 3.35. The Morgan fingerprint density at radius 2 is 1.88 bits per heavy atom. The van der Waals surface area contributed by atoms with Gasteiger partial charge in [-0.25, -0.2) is 4.99 Å². The van der Waals surface area contributed by atoms with Crippen LogP contribution in [0.3, 0.4) is 0 Å². The van der Waals surface area contributed by atoms with E-state index in [0.717, 1.165) is 52.9 Å². The number of nitrogens with one attached hydrogen (secondary N) is 2. The Kier molecular flexibility index (Phi) is 7.41. The average molecular weight is 547 g/mol. The van der Waals surface area contributed by atoms with Gasteiger partial charge < -0.3 is 29.3 Å². The van der Waals surface area contributed by atoms with Gasteiger partial charge in [0.05, 0.1) is 25.5 Å².